The molecule has 0 radical (unpaired) electrons. The van der Waals surface area contributed by atoms with Crippen molar-refractivity contribution in [1.82, 2.24) is 0 Å². The van der Waals surface area contributed by atoms with Crippen molar-refractivity contribution < 1.29 is 23.3 Å². The van der Waals surface area contributed by atoms with Gasteiger partial charge in [0.25, 0.3) is 0 Å². The first-order chi connectivity index (χ1) is 13.4. The minimum Gasteiger partial charge on any atom is -0.395 e. The predicted octanol–water partition coefficient (Wildman–Crippen LogP) is 5.37. The molecule has 0 heterocycles. The van der Waals surface area contributed by atoms with Crippen LogP contribution in [0.5, 0.6) is 11.5 Å². The number of hydrogen-bond donors (Lipinski definition) is 1. The second-order valence-corrected chi connectivity index (χ2v) is 7.70. The van der Waals surface area contributed by atoms with Crippen LogP contribution in [0.1, 0.15) is 27.9 Å². The van der Waals surface area contributed by atoms with E-state index in [1.165, 1.54) is 0 Å². The van der Waals surface area contributed by atoms with Gasteiger partial charge in [0.15, 0.2) is 5.78 Å². The molecule has 3 aromatic rings. The standard InChI is InChI=1S/C22H21O5P/c1-17-7-12-20(13-8-17)26-28(24,25)27-21-14-9-18(10-15-21)11-16-22(23)19-5-3-2-4-6-19/h2-10,12-15H,11,16H2,1H3,(H,24,25). The Morgan fingerprint density at radius 3 is 1.96 bits per heavy atom. The highest BCUT2D eigenvalue weighted by Gasteiger charge is 2.25. The molecule has 0 aliphatic carbocycles. The molecule has 6 heteroatoms. The fourth-order valence-electron chi connectivity index (χ4n) is 2.63. The van der Waals surface area contributed by atoms with Crippen molar-refractivity contribution in [1.29, 1.82) is 0 Å². The van der Waals surface area contributed by atoms with Gasteiger partial charge in [-0.1, -0.05) is 60.2 Å². The highest BCUT2D eigenvalue weighted by Crippen LogP contribution is 2.44. The number of rotatable bonds is 8. The van der Waals surface area contributed by atoms with Crippen LogP contribution in [-0.2, 0) is 11.0 Å². The Labute approximate surface area is 164 Å². The van der Waals surface area contributed by atoms with Crippen molar-refractivity contribution in [2.24, 2.45) is 0 Å². The van der Waals surface area contributed by atoms with E-state index < -0.39 is 7.82 Å². The Hall–Kier alpha value is -2.88. The van der Waals surface area contributed by atoms with E-state index in [9.17, 15) is 14.3 Å². The number of Topliss-reactive ketones (excluding diaryl/α,β-unsaturated/α-hetero) is 1. The number of benzene rings is 3. The molecule has 3 rings (SSSR count). The number of phosphoric acid groups is 1. The lowest BCUT2D eigenvalue weighted by Gasteiger charge is -2.14. The Morgan fingerprint density at radius 2 is 1.39 bits per heavy atom. The molecule has 28 heavy (non-hydrogen) atoms. The summed E-state index contributed by atoms with van der Waals surface area (Å²) in [7, 11) is -4.29. The van der Waals surface area contributed by atoms with Crippen LogP contribution in [-0.4, -0.2) is 10.7 Å². The highest BCUT2D eigenvalue weighted by molar-refractivity contribution is 7.48. The van der Waals surface area contributed by atoms with Gasteiger partial charge < -0.3 is 9.05 Å². The summed E-state index contributed by atoms with van der Waals surface area (Å²) in [6.07, 6.45) is 0.962. The van der Waals surface area contributed by atoms with E-state index in [0.29, 0.717) is 18.4 Å². The minimum atomic E-state index is -4.29. The predicted molar refractivity (Wildman–Crippen MR) is 108 cm³/mol. The summed E-state index contributed by atoms with van der Waals surface area (Å²) in [4.78, 5) is 22.1. The first-order valence-electron chi connectivity index (χ1n) is 8.87. The van der Waals surface area contributed by atoms with Gasteiger partial charge in [0.2, 0.25) is 0 Å². The van der Waals surface area contributed by atoms with Gasteiger partial charge in [-0.3, -0.25) is 9.69 Å². The molecule has 0 spiro atoms. The van der Waals surface area contributed by atoms with Crippen LogP contribution < -0.4 is 9.05 Å². The molecule has 1 N–H and O–H groups in total. The quantitative estimate of drug-likeness (QED) is 0.409. The zero-order chi connectivity index (χ0) is 20.0. The van der Waals surface area contributed by atoms with Crippen molar-refractivity contribution in [2.45, 2.75) is 19.8 Å². The van der Waals surface area contributed by atoms with E-state index in [4.69, 9.17) is 9.05 Å². The van der Waals surface area contributed by atoms with E-state index in [1.807, 2.05) is 25.1 Å². The lowest BCUT2D eigenvalue weighted by molar-refractivity contribution is 0.0983. The fraction of sp³-hybridized carbons (Fsp3) is 0.136. The number of ketones is 1. The monoisotopic (exact) mass is 396 g/mol. The zero-order valence-corrected chi connectivity index (χ0v) is 16.3. The number of carbonyl (C=O) groups is 1. The van der Waals surface area contributed by atoms with Gasteiger partial charge in [-0.05, 0) is 43.2 Å². The third-order valence-electron chi connectivity index (χ3n) is 4.12. The van der Waals surface area contributed by atoms with E-state index in [1.54, 1.807) is 60.7 Å². The molecule has 0 amide bonds. The number of phosphoric ester groups is 1. The van der Waals surface area contributed by atoms with Gasteiger partial charge in [0, 0.05) is 12.0 Å². The normalized spacial score (nSPS) is 12.8. The zero-order valence-electron chi connectivity index (χ0n) is 15.4. The summed E-state index contributed by atoms with van der Waals surface area (Å²) in [5.41, 5.74) is 2.64. The topological polar surface area (TPSA) is 72.8 Å². The smallest absolute Gasteiger partial charge is 0.395 e. The van der Waals surface area contributed by atoms with E-state index in [2.05, 4.69) is 0 Å². The maximum atomic E-state index is 12.2. The average Bonchev–Trinajstić information content (AvgIpc) is 2.69. The van der Waals surface area contributed by atoms with Crippen LogP contribution in [0.3, 0.4) is 0 Å². The third-order valence-corrected chi connectivity index (χ3v) is 5.01. The van der Waals surface area contributed by atoms with Gasteiger partial charge >= 0.3 is 7.82 Å². The Kier molecular flexibility index (Phi) is 6.30. The molecule has 0 fully saturated rings. The molecule has 0 bridgehead atoms. The van der Waals surface area contributed by atoms with Crippen molar-refractivity contribution in [3.63, 3.8) is 0 Å². The van der Waals surface area contributed by atoms with Crippen molar-refractivity contribution in [3.05, 3.63) is 95.6 Å². The van der Waals surface area contributed by atoms with E-state index >= 15 is 0 Å². The van der Waals surface area contributed by atoms with Crippen molar-refractivity contribution >= 4 is 13.6 Å². The second kappa shape index (κ2) is 8.87. The lowest BCUT2D eigenvalue weighted by atomic mass is 10.0. The molecule has 5 nitrogen and oxygen atoms in total. The maximum Gasteiger partial charge on any atom is 0.584 e. The largest absolute Gasteiger partial charge is 0.584 e. The molecular weight excluding hydrogens is 375 g/mol. The first-order valence-corrected chi connectivity index (χ1v) is 10.4. The van der Waals surface area contributed by atoms with E-state index in [-0.39, 0.29) is 17.3 Å². The van der Waals surface area contributed by atoms with Crippen molar-refractivity contribution in [2.75, 3.05) is 0 Å². The molecule has 144 valence electrons. The lowest BCUT2D eigenvalue weighted by Crippen LogP contribution is -2.01. The number of carbonyl (C=O) groups excluding carboxylic acids is 1. The highest BCUT2D eigenvalue weighted by atomic mass is 31.2. The summed E-state index contributed by atoms with van der Waals surface area (Å²) in [5.74, 6) is 0.552. The van der Waals surface area contributed by atoms with Crippen LogP contribution in [0.2, 0.25) is 0 Å². The Morgan fingerprint density at radius 1 is 0.857 bits per heavy atom. The first kappa shape index (κ1) is 19.9. The molecule has 0 saturated heterocycles. The third kappa shape index (κ3) is 5.81. The van der Waals surface area contributed by atoms with Gasteiger partial charge in [0.05, 0.1) is 0 Å². The van der Waals surface area contributed by atoms with Gasteiger partial charge in [-0.15, -0.1) is 0 Å². The van der Waals surface area contributed by atoms with Crippen molar-refractivity contribution in [3.8, 4) is 11.5 Å². The van der Waals surface area contributed by atoms with Crippen LogP contribution in [0.25, 0.3) is 0 Å². The molecule has 3 aromatic carbocycles. The molecule has 0 aliphatic heterocycles. The fourth-order valence-corrected chi connectivity index (χ4v) is 3.44. The van der Waals surface area contributed by atoms with Gasteiger partial charge in [-0.25, -0.2) is 4.57 Å². The molecule has 0 aliphatic rings. The minimum absolute atomic E-state index is 0.0762. The summed E-state index contributed by atoms with van der Waals surface area (Å²) >= 11 is 0. The number of aryl methyl sites for hydroxylation is 2. The molecular formula is C22H21O5P. The summed E-state index contributed by atoms with van der Waals surface area (Å²) in [5, 5.41) is 0. The molecule has 0 saturated carbocycles. The van der Waals surface area contributed by atoms with Crippen LogP contribution in [0, 0.1) is 6.92 Å². The van der Waals surface area contributed by atoms with E-state index in [0.717, 1.165) is 11.1 Å². The van der Waals surface area contributed by atoms with Gasteiger partial charge in [0.1, 0.15) is 11.5 Å². The van der Waals surface area contributed by atoms with Crippen LogP contribution in [0.15, 0.2) is 78.9 Å². The number of hydrogen-bond acceptors (Lipinski definition) is 4. The second-order valence-electron chi connectivity index (χ2n) is 6.40. The molecule has 1 unspecified atom stereocenters. The molecule has 0 aromatic heterocycles. The summed E-state index contributed by atoms with van der Waals surface area (Å²) < 4.78 is 22.3. The Balaban J connectivity index is 1.55. The van der Waals surface area contributed by atoms with Crippen LogP contribution >= 0.6 is 7.82 Å². The summed E-state index contributed by atoms with van der Waals surface area (Å²) in [6.45, 7) is 1.91. The maximum absolute atomic E-state index is 12.2. The Bertz CT molecular complexity index is 966. The molecule has 1 atom stereocenters. The van der Waals surface area contributed by atoms with Crippen LogP contribution in [0.4, 0.5) is 0 Å². The van der Waals surface area contributed by atoms with Gasteiger partial charge in [-0.2, -0.15) is 0 Å². The average molecular weight is 396 g/mol. The summed E-state index contributed by atoms with van der Waals surface area (Å²) in [6, 6.07) is 22.6. The SMILES string of the molecule is Cc1ccc(OP(=O)(O)Oc2ccc(CCC(=O)c3ccccc3)cc2)cc1.